The Morgan fingerprint density at radius 2 is 1.76 bits per heavy atom. The maximum absolute atomic E-state index is 11.6. The number of thiophene rings is 1. The van der Waals surface area contributed by atoms with E-state index in [0.29, 0.717) is 16.0 Å². The molecule has 0 spiro atoms. The van der Waals surface area contributed by atoms with Gasteiger partial charge in [-0.25, -0.2) is 9.59 Å². The first kappa shape index (κ1) is 20.2. The van der Waals surface area contributed by atoms with Gasteiger partial charge in [0.2, 0.25) is 0 Å². The van der Waals surface area contributed by atoms with Gasteiger partial charge in [0.05, 0.1) is 0 Å². The van der Waals surface area contributed by atoms with Gasteiger partial charge in [0.15, 0.2) is 23.0 Å². The highest BCUT2D eigenvalue weighted by Gasteiger charge is 2.23. The summed E-state index contributed by atoms with van der Waals surface area (Å²) in [6.07, 6.45) is 0. The number of ether oxygens (including phenoxy) is 2. The number of benzene rings is 2. The number of carboxylic acids is 2. The summed E-state index contributed by atoms with van der Waals surface area (Å²) in [5.41, 5.74) is 2.07. The zero-order valence-corrected chi connectivity index (χ0v) is 16.2. The van der Waals surface area contributed by atoms with E-state index < -0.39 is 18.5 Å². The van der Waals surface area contributed by atoms with E-state index in [1.807, 2.05) is 30.3 Å². The summed E-state index contributed by atoms with van der Waals surface area (Å²) >= 11 is 0.973. The second-order valence-electron chi connectivity index (χ2n) is 6.16. The van der Waals surface area contributed by atoms with E-state index >= 15 is 0 Å². The average Bonchev–Trinajstić information content (AvgIpc) is 3.03. The highest BCUT2D eigenvalue weighted by atomic mass is 32.1. The Morgan fingerprint density at radius 1 is 1.03 bits per heavy atom. The van der Waals surface area contributed by atoms with E-state index in [4.69, 9.17) is 14.6 Å². The largest absolute Gasteiger partial charge is 0.504 e. The lowest BCUT2D eigenvalue weighted by Gasteiger charge is -2.10. The zero-order valence-electron chi connectivity index (χ0n) is 15.4. The number of phenols is 1. The van der Waals surface area contributed by atoms with Crippen molar-refractivity contribution in [2.24, 2.45) is 0 Å². The molecule has 8 heteroatoms. The smallest absolute Gasteiger partial charge is 0.349 e. The van der Waals surface area contributed by atoms with Crippen LogP contribution in [0.4, 0.5) is 0 Å². The Kier molecular flexibility index (Phi) is 6.04. The van der Waals surface area contributed by atoms with E-state index in [2.05, 4.69) is 0 Å². The standard InChI is InChI=1S/C21H18O7S/c1-12-18(28-11-17(23)24)20(21(25)26)29-19(12)14-7-8-15(22)16(9-14)27-10-13-5-3-2-4-6-13/h2-9,22H,10-11H2,1H3,(H,23,24)(H,25,26). The summed E-state index contributed by atoms with van der Waals surface area (Å²) in [6, 6.07) is 14.2. The summed E-state index contributed by atoms with van der Waals surface area (Å²) in [5, 5.41) is 28.4. The monoisotopic (exact) mass is 414 g/mol. The van der Waals surface area contributed by atoms with Crippen LogP contribution in [-0.4, -0.2) is 33.9 Å². The molecule has 150 valence electrons. The van der Waals surface area contributed by atoms with Gasteiger partial charge in [-0.15, -0.1) is 11.3 Å². The van der Waals surface area contributed by atoms with Gasteiger partial charge in [-0.2, -0.15) is 0 Å². The molecule has 0 unspecified atom stereocenters. The number of hydrogen-bond acceptors (Lipinski definition) is 6. The lowest BCUT2D eigenvalue weighted by molar-refractivity contribution is -0.139. The number of phenolic OH excluding ortho intramolecular Hbond substituents is 1. The van der Waals surface area contributed by atoms with Crippen LogP contribution in [0.25, 0.3) is 10.4 Å². The van der Waals surface area contributed by atoms with Gasteiger partial charge in [-0.05, 0) is 36.2 Å². The van der Waals surface area contributed by atoms with Crippen molar-refractivity contribution >= 4 is 23.3 Å². The van der Waals surface area contributed by atoms with Crippen molar-refractivity contribution in [3.05, 3.63) is 64.5 Å². The predicted molar refractivity (Wildman–Crippen MR) is 107 cm³/mol. The molecular weight excluding hydrogens is 396 g/mol. The summed E-state index contributed by atoms with van der Waals surface area (Å²) < 4.78 is 10.9. The quantitative estimate of drug-likeness (QED) is 0.507. The summed E-state index contributed by atoms with van der Waals surface area (Å²) in [6.45, 7) is 1.28. The molecule has 0 amide bonds. The van der Waals surface area contributed by atoms with Crippen LogP contribution in [0.5, 0.6) is 17.2 Å². The van der Waals surface area contributed by atoms with Crippen LogP contribution in [-0.2, 0) is 11.4 Å². The summed E-state index contributed by atoms with van der Waals surface area (Å²) in [5.74, 6) is -2.16. The molecule has 0 aliphatic rings. The molecule has 1 aromatic heterocycles. The van der Waals surface area contributed by atoms with Crippen molar-refractivity contribution in [1.29, 1.82) is 0 Å². The predicted octanol–water partition coefficient (Wildman–Crippen LogP) is 4.17. The number of aliphatic carboxylic acids is 1. The van der Waals surface area contributed by atoms with Crippen LogP contribution >= 0.6 is 11.3 Å². The van der Waals surface area contributed by atoms with Gasteiger partial charge in [-0.1, -0.05) is 30.3 Å². The minimum Gasteiger partial charge on any atom is -0.504 e. The minimum absolute atomic E-state index is 0.0275. The molecule has 0 aliphatic heterocycles. The van der Waals surface area contributed by atoms with E-state index in [1.165, 1.54) is 6.07 Å². The first-order chi connectivity index (χ1) is 13.9. The van der Waals surface area contributed by atoms with Crippen LogP contribution in [0.2, 0.25) is 0 Å². The van der Waals surface area contributed by atoms with Crippen molar-refractivity contribution in [2.75, 3.05) is 6.61 Å². The lowest BCUT2D eigenvalue weighted by atomic mass is 10.1. The Morgan fingerprint density at radius 3 is 2.41 bits per heavy atom. The number of aromatic carboxylic acids is 1. The Bertz CT molecular complexity index is 1040. The van der Waals surface area contributed by atoms with E-state index in [-0.39, 0.29) is 28.7 Å². The second-order valence-corrected chi connectivity index (χ2v) is 7.18. The fraction of sp³-hybridized carbons (Fsp3) is 0.143. The molecule has 29 heavy (non-hydrogen) atoms. The minimum atomic E-state index is -1.20. The third-order valence-corrected chi connectivity index (χ3v) is 5.40. The lowest BCUT2D eigenvalue weighted by Crippen LogP contribution is -2.11. The molecule has 3 aromatic rings. The van der Waals surface area contributed by atoms with E-state index in [9.17, 15) is 19.8 Å². The molecule has 0 saturated carbocycles. The SMILES string of the molecule is Cc1c(-c2ccc(O)c(OCc3ccccc3)c2)sc(C(=O)O)c1OCC(=O)O. The maximum Gasteiger partial charge on any atom is 0.349 e. The molecule has 0 aliphatic carbocycles. The number of rotatable bonds is 8. The fourth-order valence-corrected chi connectivity index (χ4v) is 3.82. The molecule has 0 bridgehead atoms. The highest BCUT2D eigenvalue weighted by Crippen LogP contribution is 2.43. The van der Waals surface area contributed by atoms with Gasteiger partial charge in [0.1, 0.15) is 12.4 Å². The molecule has 0 saturated heterocycles. The first-order valence-electron chi connectivity index (χ1n) is 8.58. The maximum atomic E-state index is 11.6. The number of carboxylic acid groups (broad SMARTS) is 2. The number of hydrogen-bond donors (Lipinski definition) is 3. The van der Waals surface area contributed by atoms with E-state index in [1.54, 1.807) is 19.1 Å². The van der Waals surface area contributed by atoms with E-state index in [0.717, 1.165) is 16.9 Å². The van der Waals surface area contributed by atoms with Gasteiger partial charge in [0.25, 0.3) is 0 Å². The van der Waals surface area contributed by atoms with Gasteiger partial charge < -0.3 is 24.8 Å². The van der Waals surface area contributed by atoms with Crippen LogP contribution < -0.4 is 9.47 Å². The molecular formula is C21H18O7S. The number of aromatic hydroxyl groups is 1. The van der Waals surface area contributed by atoms with Crippen molar-refractivity contribution < 1.29 is 34.4 Å². The first-order valence-corrected chi connectivity index (χ1v) is 9.40. The molecule has 3 N–H and O–H groups in total. The number of carbonyl (C=O) groups is 2. The van der Waals surface area contributed by atoms with Crippen LogP contribution in [0.1, 0.15) is 20.8 Å². The average molecular weight is 414 g/mol. The second kappa shape index (κ2) is 8.66. The van der Waals surface area contributed by atoms with Gasteiger partial charge >= 0.3 is 11.9 Å². The molecule has 2 aromatic carbocycles. The van der Waals surface area contributed by atoms with Crippen molar-refractivity contribution in [1.82, 2.24) is 0 Å². The van der Waals surface area contributed by atoms with Gasteiger partial charge in [0, 0.05) is 10.4 Å². The molecule has 1 heterocycles. The highest BCUT2D eigenvalue weighted by molar-refractivity contribution is 7.18. The Labute approximate surface area is 170 Å². The summed E-state index contributed by atoms with van der Waals surface area (Å²) in [7, 11) is 0. The molecule has 3 rings (SSSR count). The van der Waals surface area contributed by atoms with Crippen molar-refractivity contribution in [2.45, 2.75) is 13.5 Å². The topological polar surface area (TPSA) is 113 Å². The van der Waals surface area contributed by atoms with Crippen LogP contribution in [0.15, 0.2) is 48.5 Å². The van der Waals surface area contributed by atoms with Crippen LogP contribution in [0, 0.1) is 6.92 Å². The fourth-order valence-electron chi connectivity index (χ4n) is 2.73. The van der Waals surface area contributed by atoms with Crippen molar-refractivity contribution in [3.63, 3.8) is 0 Å². The molecule has 7 nitrogen and oxygen atoms in total. The molecule has 0 atom stereocenters. The van der Waals surface area contributed by atoms with Crippen molar-refractivity contribution in [3.8, 4) is 27.7 Å². The Hall–Kier alpha value is -3.52. The Balaban J connectivity index is 1.93. The van der Waals surface area contributed by atoms with Gasteiger partial charge in [-0.3, -0.25) is 0 Å². The molecule has 0 radical (unpaired) electrons. The van der Waals surface area contributed by atoms with Crippen LogP contribution in [0.3, 0.4) is 0 Å². The normalized spacial score (nSPS) is 10.5. The third kappa shape index (κ3) is 4.67. The summed E-state index contributed by atoms with van der Waals surface area (Å²) in [4.78, 5) is 22.9. The zero-order chi connectivity index (χ0) is 21.0. The molecule has 0 fully saturated rings. The third-order valence-electron chi connectivity index (χ3n) is 4.08.